The van der Waals surface area contributed by atoms with Crippen molar-refractivity contribution in [3.8, 4) is 0 Å². The molecule has 2 unspecified atom stereocenters. The normalized spacial score (nSPS) is 23.3. The summed E-state index contributed by atoms with van der Waals surface area (Å²) in [5, 5.41) is 12.1. The summed E-state index contributed by atoms with van der Waals surface area (Å²) in [7, 11) is 1.50. The number of hydrogen-bond acceptors (Lipinski definition) is 3. The summed E-state index contributed by atoms with van der Waals surface area (Å²) in [6.07, 6.45) is -1.16. The molecule has 0 saturated heterocycles. The maximum atomic E-state index is 11.1. The predicted octanol–water partition coefficient (Wildman–Crippen LogP) is 1.00. The van der Waals surface area contributed by atoms with Crippen molar-refractivity contribution in [1.29, 1.82) is 0 Å². The topological polar surface area (TPSA) is 58.6 Å². The lowest BCUT2D eigenvalue weighted by Gasteiger charge is -2.16. The van der Waals surface area contributed by atoms with Crippen molar-refractivity contribution in [3.05, 3.63) is 35.4 Å². The molecule has 80 valence electrons. The average molecular weight is 207 g/mol. The first-order valence-corrected chi connectivity index (χ1v) is 4.86. The molecule has 0 fully saturated rings. The van der Waals surface area contributed by atoms with Gasteiger partial charge in [0.15, 0.2) is 6.10 Å². The predicted molar refractivity (Wildman–Crippen MR) is 54.4 cm³/mol. The fourth-order valence-electron chi connectivity index (χ4n) is 1.85. The number of rotatable bonds is 1. The highest BCUT2D eigenvalue weighted by atomic mass is 16.6. The Morgan fingerprint density at radius 3 is 3.00 bits per heavy atom. The number of aliphatic hydroxyl groups is 1. The summed E-state index contributed by atoms with van der Waals surface area (Å²) in [5.74, 6) is 0. The molecule has 15 heavy (non-hydrogen) atoms. The van der Waals surface area contributed by atoms with Crippen LogP contribution in [0.25, 0.3) is 0 Å². The first-order valence-electron chi connectivity index (χ1n) is 4.86. The van der Waals surface area contributed by atoms with Gasteiger partial charge in [0.25, 0.3) is 0 Å². The van der Waals surface area contributed by atoms with E-state index in [1.165, 1.54) is 7.05 Å². The average Bonchev–Trinajstić information content (AvgIpc) is 2.55. The molecule has 1 aromatic rings. The fourth-order valence-corrected chi connectivity index (χ4v) is 1.85. The van der Waals surface area contributed by atoms with E-state index in [0.717, 1.165) is 11.1 Å². The number of fused-ring (bicyclic) bond motifs is 1. The maximum absolute atomic E-state index is 11.1. The molecule has 2 N–H and O–H groups in total. The van der Waals surface area contributed by atoms with E-state index in [-0.39, 0.29) is 0 Å². The Hall–Kier alpha value is -1.55. The highest BCUT2D eigenvalue weighted by Gasteiger charge is 2.33. The zero-order valence-corrected chi connectivity index (χ0v) is 8.43. The number of aliphatic hydroxyl groups excluding tert-OH is 1. The molecule has 1 aliphatic carbocycles. The summed E-state index contributed by atoms with van der Waals surface area (Å²) < 4.78 is 5.10. The maximum Gasteiger partial charge on any atom is 0.407 e. The highest BCUT2D eigenvalue weighted by Crippen LogP contribution is 2.33. The Labute approximate surface area is 87.9 Å². The Bertz CT molecular complexity index is 378. The van der Waals surface area contributed by atoms with Gasteiger partial charge in [-0.3, -0.25) is 0 Å². The lowest BCUT2D eigenvalue weighted by atomic mass is 10.1. The van der Waals surface area contributed by atoms with E-state index < -0.39 is 18.3 Å². The zero-order chi connectivity index (χ0) is 10.8. The van der Waals surface area contributed by atoms with Gasteiger partial charge in [-0.05, 0) is 11.1 Å². The van der Waals surface area contributed by atoms with Crippen molar-refractivity contribution in [2.75, 3.05) is 7.05 Å². The van der Waals surface area contributed by atoms with Gasteiger partial charge < -0.3 is 15.2 Å². The molecule has 4 nitrogen and oxygen atoms in total. The minimum absolute atomic E-state index is 0.518. The third-order valence-electron chi connectivity index (χ3n) is 2.58. The smallest absolute Gasteiger partial charge is 0.407 e. The van der Waals surface area contributed by atoms with Crippen molar-refractivity contribution in [1.82, 2.24) is 5.32 Å². The van der Waals surface area contributed by atoms with E-state index in [9.17, 15) is 9.90 Å². The van der Waals surface area contributed by atoms with E-state index >= 15 is 0 Å². The van der Waals surface area contributed by atoms with Crippen LogP contribution in [0, 0.1) is 0 Å². The standard InChI is InChI=1S/C11H13NO3/c1-12-11(14)15-10-8-5-3-2-4-7(8)6-9(10)13/h2-5,9-10,13H,6H2,1H3,(H,12,14). The largest absolute Gasteiger partial charge is 0.439 e. The van der Waals surface area contributed by atoms with Crippen LogP contribution in [0.4, 0.5) is 4.79 Å². The third kappa shape index (κ3) is 1.80. The van der Waals surface area contributed by atoms with Crippen LogP contribution in [0.15, 0.2) is 24.3 Å². The molecule has 0 aromatic heterocycles. The quantitative estimate of drug-likeness (QED) is 0.722. The molecule has 2 rings (SSSR count). The molecule has 0 aliphatic heterocycles. The zero-order valence-electron chi connectivity index (χ0n) is 8.43. The van der Waals surface area contributed by atoms with Crippen molar-refractivity contribution in [2.24, 2.45) is 0 Å². The Kier molecular flexibility index (Phi) is 2.60. The monoisotopic (exact) mass is 207 g/mol. The van der Waals surface area contributed by atoms with Crippen LogP contribution in [0.5, 0.6) is 0 Å². The number of amides is 1. The Morgan fingerprint density at radius 1 is 1.53 bits per heavy atom. The number of hydrogen-bond donors (Lipinski definition) is 2. The van der Waals surface area contributed by atoms with Crippen LogP contribution in [-0.2, 0) is 11.2 Å². The van der Waals surface area contributed by atoms with Gasteiger partial charge in [0.05, 0.1) is 6.10 Å². The van der Waals surface area contributed by atoms with Gasteiger partial charge in [0, 0.05) is 13.5 Å². The van der Waals surface area contributed by atoms with Gasteiger partial charge in [0.2, 0.25) is 0 Å². The van der Waals surface area contributed by atoms with Crippen molar-refractivity contribution >= 4 is 6.09 Å². The molecular weight excluding hydrogens is 194 g/mol. The second kappa shape index (κ2) is 3.90. The molecule has 2 atom stereocenters. The number of ether oxygens (including phenoxy) is 1. The summed E-state index contributed by atoms with van der Waals surface area (Å²) in [6, 6.07) is 7.59. The van der Waals surface area contributed by atoms with E-state index in [4.69, 9.17) is 4.74 Å². The molecule has 0 saturated carbocycles. The number of nitrogens with one attached hydrogen (secondary N) is 1. The second-order valence-corrected chi connectivity index (χ2v) is 3.55. The summed E-state index contributed by atoms with van der Waals surface area (Å²) in [6.45, 7) is 0. The number of carbonyl (C=O) groups excluding carboxylic acids is 1. The molecule has 0 spiro atoms. The van der Waals surface area contributed by atoms with Gasteiger partial charge in [-0.1, -0.05) is 24.3 Å². The third-order valence-corrected chi connectivity index (χ3v) is 2.58. The molecule has 4 heteroatoms. The molecule has 1 amide bonds. The lowest BCUT2D eigenvalue weighted by Crippen LogP contribution is -2.26. The van der Waals surface area contributed by atoms with E-state index in [2.05, 4.69) is 5.32 Å². The first-order chi connectivity index (χ1) is 7.22. The number of benzene rings is 1. The molecule has 0 radical (unpaired) electrons. The van der Waals surface area contributed by atoms with E-state index in [0.29, 0.717) is 6.42 Å². The van der Waals surface area contributed by atoms with Crippen molar-refractivity contribution in [2.45, 2.75) is 18.6 Å². The second-order valence-electron chi connectivity index (χ2n) is 3.55. The number of carbonyl (C=O) groups is 1. The summed E-state index contributed by atoms with van der Waals surface area (Å²) in [5.41, 5.74) is 1.94. The highest BCUT2D eigenvalue weighted by molar-refractivity contribution is 5.67. The van der Waals surface area contributed by atoms with Crippen molar-refractivity contribution in [3.63, 3.8) is 0 Å². The van der Waals surface area contributed by atoms with Crippen LogP contribution < -0.4 is 5.32 Å². The van der Waals surface area contributed by atoms with Gasteiger partial charge in [0.1, 0.15) is 0 Å². The van der Waals surface area contributed by atoms with Gasteiger partial charge in [-0.2, -0.15) is 0 Å². The Balaban J connectivity index is 2.22. The van der Waals surface area contributed by atoms with Crippen LogP contribution in [0.3, 0.4) is 0 Å². The lowest BCUT2D eigenvalue weighted by molar-refractivity contribution is 0.0137. The molecule has 1 aliphatic rings. The minimum atomic E-state index is -0.639. The SMILES string of the molecule is CNC(=O)OC1c2ccccc2CC1O. The molecule has 1 aromatic carbocycles. The van der Waals surface area contributed by atoms with Crippen LogP contribution in [-0.4, -0.2) is 24.4 Å². The van der Waals surface area contributed by atoms with Crippen LogP contribution in [0.1, 0.15) is 17.2 Å². The molecular formula is C11H13NO3. The van der Waals surface area contributed by atoms with E-state index in [1.54, 1.807) is 0 Å². The Morgan fingerprint density at radius 2 is 2.27 bits per heavy atom. The van der Waals surface area contributed by atoms with Gasteiger partial charge >= 0.3 is 6.09 Å². The molecule has 0 bridgehead atoms. The summed E-state index contributed by atoms with van der Waals surface area (Å²) in [4.78, 5) is 11.1. The van der Waals surface area contributed by atoms with Gasteiger partial charge in [-0.25, -0.2) is 4.79 Å². The summed E-state index contributed by atoms with van der Waals surface area (Å²) >= 11 is 0. The van der Waals surface area contributed by atoms with Crippen LogP contribution in [0.2, 0.25) is 0 Å². The minimum Gasteiger partial charge on any atom is -0.439 e. The van der Waals surface area contributed by atoms with Crippen molar-refractivity contribution < 1.29 is 14.6 Å². The fraction of sp³-hybridized carbons (Fsp3) is 0.364. The van der Waals surface area contributed by atoms with E-state index in [1.807, 2.05) is 24.3 Å². The van der Waals surface area contributed by atoms with Gasteiger partial charge in [-0.15, -0.1) is 0 Å². The molecule has 0 heterocycles. The number of alkyl carbamates (subject to hydrolysis) is 1. The van der Waals surface area contributed by atoms with Crippen LogP contribution >= 0.6 is 0 Å². The first kappa shape index (κ1) is 9.98.